The first-order valence-electron chi connectivity index (χ1n) is 9.54. The van der Waals surface area contributed by atoms with E-state index in [9.17, 15) is 4.79 Å². The average Bonchev–Trinajstić information content (AvgIpc) is 3.02. The van der Waals surface area contributed by atoms with Crippen molar-refractivity contribution in [3.63, 3.8) is 0 Å². The lowest BCUT2D eigenvalue weighted by atomic mass is 10.1. The summed E-state index contributed by atoms with van der Waals surface area (Å²) in [5, 5.41) is 8.77. The summed E-state index contributed by atoms with van der Waals surface area (Å²) < 4.78 is 1.99. The number of carbonyl (C=O) groups is 1. The van der Waals surface area contributed by atoms with Gasteiger partial charge in [0.2, 0.25) is 0 Å². The number of anilines is 1. The minimum atomic E-state index is -0.269. The van der Waals surface area contributed by atoms with Crippen LogP contribution in [-0.2, 0) is 0 Å². The molecule has 3 aromatic rings. The van der Waals surface area contributed by atoms with Crippen LogP contribution in [0, 0.1) is 13.8 Å². The minimum Gasteiger partial charge on any atom is -0.322 e. The maximum absolute atomic E-state index is 12.8. The molecule has 0 atom stereocenters. The Balaban J connectivity index is 1.66. The zero-order valence-corrected chi connectivity index (χ0v) is 17.1. The summed E-state index contributed by atoms with van der Waals surface area (Å²) in [5.41, 5.74) is 3.78. The van der Waals surface area contributed by atoms with Gasteiger partial charge in [-0.3, -0.25) is 4.79 Å². The van der Waals surface area contributed by atoms with Gasteiger partial charge < -0.3 is 10.2 Å². The number of fused-ring (bicyclic) bond motifs is 1. The van der Waals surface area contributed by atoms with Crippen LogP contribution in [0.3, 0.4) is 0 Å². The monoisotopic (exact) mass is 397 g/mol. The molecule has 4 rings (SSSR count). The number of nitrogens with one attached hydrogen (secondary N) is 1. The van der Waals surface area contributed by atoms with Gasteiger partial charge in [-0.05, 0) is 59.0 Å². The van der Waals surface area contributed by atoms with Crippen molar-refractivity contribution in [1.29, 1.82) is 0 Å². The number of aromatic nitrogens is 3. The van der Waals surface area contributed by atoms with Crippen LogP contribution < -0.4 is 5.32 Å². The summed E-state index contributed by atoms with van der Waals surface area (Å²) in [6.07, 6.45) is 3.62. The maximum atomic E-state index is 12.8. The second-order valence-electron chi connectivity index (χ2n) is 7.57. The van der Waals surface area contributed by atoms with E-state index in [2.05, 4.69) is 22.2 Å². The predicted octanol–water partition coefficient (Wildman–Crippen LogP) is 4.22. The molecule has 0 bridgehead atoms. The molecule has 6 nitrogen and oxygen atoms in total. The largest absolute Gasteiger partial charge is 0.322 e. The van der Waals surface area contributed by atoms with E-state index in [-0.39, 0.29) is 5.91 Å². The highest BCUT2D eigenvalue weighted by molar-refractivity contribution is 6.39. The molecule has 1 aromatic carbocycles. The molecule has 0 aliphatic carbocycles. The third-order valence-corrected chi connectivity index (χ3v) is 5.81. The van der Waals surface area contributed by atoms with E-state index in [1.54, 1.807) is 6.20 Å². The molecule has 0 radical (unpaired) electrons. The summed E-state index contributed by atoms with van der Waals surface area (Å²) in [7, 11) is 2.14. The Kier molecular flexibility index (Phi) is 5.08. The van der Waals surface area contributed by atoms with E-state index < -0.39 is 0 Å². The fraction of sp³-hybridized carbons (Fsp3) is 0.381. The van der Waals surface area contributed by atoms with Gasteiger partial charge >= 0.3 is 0 Å². The number of carbonyl (C=O) groups excluding carboxylic acids is 1. The SMILES string of the molecule is Cc1ccc(NC(=O)c2cnc3c(c(C)nn3C3CCN(C)CC3)c2Cl)cc1. The van der Waals surface area contributed by atoms with E-state index in [0.29, 0.717) is 16.6 Å². The molecule has 1 aliphatic heterocycles. The Labute approximate surface area is 169 Å². The molecule has 7 heteroatoms. The third kappa shape index (κ3) is 3.50. The Hall–Kier alpha value is -2.44. The molecule has 1 aliphatic rings. The van der Waals surface area contributed by atoms with Crippen LogP contribution in [0.5, 0.6) is 0 Å². The van der Waals surface area contributed by atoms with Crippen molar-refractivity contribution in [3.8, 4) is 0 Å². The van der Waals surface area contributed by atoms with Crippen LogP contribution in [-0.4, -0.2) is 45.7 Å². The maximum Gasteiger partial charge on any atom is 0.258 e. The molecule has 28 heavy (non-hydrogen) atoms. The molecule has 3 heterocycles. The van der Waals surface area contributed by atoms with Crippen LogP contribution in [0.1, 0.15) is 40.5 Å². The number of benzene rings is 1. The first-order chi connectivity index (χ1) is 13.4. The summed E-state index contributed by atoms with van der Waals surface area (Å²) in [6.45, 7) is 6.00. The Morgan fingerprint density at radius 1 is 1.18 bits per heavy atom. The van der Waals surface area contributed by atoms with Gasteiger partial charge in [0.1, 0.15) is 0 Å². The summed E-state index contributed by atoms with van der Waals surface area (Å²) in [6, 6.07) is 7.96. The fourth-order valence-electron chi connectivity index (χ4n) is 3.72. The molecule has 0 spiro atoms. The molecule has 1 fully saturated rings. The van der Waals surface area contributed by atoms with E-state index >= 15 is 0 Å². The van der Waals surface area contributed by atoms with E-state index in [0.717, 1.165) is 53.9 Å². The molecule has 1 saturated heterocycles. The lowest BCUT2D eigenvalue weighted by Crippen LogP contribution is -2.32. The van der Waals surface area contributed by atoms with Gasteiger partial charge in [-0.25, -0.2) is 9.67 Å². The van der Waals surface area contributed by atoms with E-state index in [1.807, 2.05) is 42.8 Å². The van der Waals surface area contributed by atoms with Gasteiger partial charge in [-0.1, -0.05) is 29.3 Å². The lowest BCUT2D eigenvalue weighted by Gasteiger charge is -2.29. The van der Waals surface area contributed by atoms with Crippen molar-refractivity contribution < 1.29 is 4.79 Å². The number of likely N-dealkylation sites (tertiary alicyclic amines) is 1. The highest BCUT2D eigenvalue weighted by atomic mass is 35.5. The van der Waals surface area contributed by atoms with Gasteiger partial charge in [-0.2, -0.15) is 5.10 Å². The molecule has 146 valence electrons. The van der Waals surface area contributed by atoms with Crippen molar-refractivity contribution in [2.75, 3.05) is 25.5 Å². The highest BCUT2D eigenvalue weighted by Gasteiger charge is 2.25. The van der Waals surface area contributed by atoms with Gasteiger partial charge in [-0.15, -0.1) is 0 Å². The van der Waals surface area contributed by atoms with Gasteiger partial charge in [0.25, 0.3) is 5.91 Å². The van der Waals surface area contributed by atoms with Crippen molar-refractivity contribution in [3.05, 3.63) is 52.3 Å². The van der Waals surface area contributed by atoms with Crippen molar-refractivity contribution in [2.24, 2.45) is 0 Å². The molecule has 0 unspecified atom stereocenters. The number of halogens is 1. The van der Waals surface area contributed by atoms with Crippen LogP contribution >= 0.6 is 11.6 Å². The number of aryl methyl sites for hydroxylation is 2. The molecule has 1 N–H and O–H groups in total. The number of amides is 1. The fourth-order valence-corrected chi connectivity index (χ4v) is 4.08. The second-order valence-corrected chi connectivity index (χ2v) is 7.95. The molecule has 2 aromatic heterocycles. The van der Waals surface area contributed by atoms with Crippen molar-refractivity contribution in [2.45, 2.75) is 32.7 Å². The van der Waals surface area contributed by atoms with Crippen LogP contribution in [0.4, 0.5) is 5.69 Å². The average molecular weight is 398 g/mol. The number of hydrogen-bond donors (Lipinski definition) is 1. The van der Waals surface area contributed by atoms with Gasteiger partial charge in [0.15, 0.2) is 5.65 Å². The minimum absolute atomic E-state index is 0.269. The van der Waals surface area contributed by atoms with E-state index in [4.69, 9.17) is 16.7 Å². The van der Waals surface area contributed by atoms with Crippen molar-refractivity contribution >= 4 is 34.2 Å². The molecule has 0 saturated carbocycles. The zero-order valence-electron chi connectivity index (χ0n) is 16.4. The third-order valence-electron chi connectivity index (χ3n) is 5.42. The second kappa shape index (κ2) is 7.53. The quantitative estimate of drug-likeness (QED) is 0.718. The molecular formula is C21H24ClN5O. The number of piperidine rings is 1. The smallest absolute Gasteiger partial charge is 0.258 e. The molecular weight excluding hydrogens is 374 g/mol. The highest BCUT2D eigenvalue weighted by Crippen LogP contribution is 2.32. The zero-order chi connectivity index (χ0) is 19.8. The Morgan fingerprint density at radius 2 is 1.86 bits per heavy atom. The first kappa shape index (κ1) is 18.9. The predicted molar refractivity (Wildman–Crippen MR) is 112 cm³/mol. The molecule has 1 amide bonds. The summed E-state index contributed by atoms with van der Waals surface area (Å²) in [5.74, 6) is -0.269. The van der Waals surface area contributed by atoms with Crippen LogP contribution in [0.15, 0.2) is 30.5 Å². The van der Waals surface area contributed by atoms with Gasteiger partial charge in [0.05, 0.1) is 27.7 Å². The van der Waals surface area contributed by atoms with Crippen molar-refractivity contribution in [1.82, 2.24) is 19.7 Å². The lowest BCUT2D eigenvalue weighted by molar-refractivity contribution is 0.102. The number of nitrogens with zero attached hydrogens (tertiary/aromatic N) is 4. The van der Waals surface area contributed by atoms with Gasteiger partial charge in [0, 0.05) is 11.9 Å². The Bertz CT molecular complexity index is 1020. The first-order valence-corrected chi connectivity index (χ1v) is 9.91. The number of pyridine rings is 1. The summed E-state index contributed by atoms with van der Waals surface area (Å²) in [4.78, 5) is 19.6. The van der Waals surface area contributed by atoms with Crippen LogP contribution in [0.2, 0.25) is 5.02 Å². The normalized spacial score (nSPS) is 15.9. The summed E-state index contributed by atoms with van der Waals surface area (Å²) >= 11 is 6.65. The topological polar surface area (TPSA) is 63.1 Å². The van der Waals surface area contributed by atoms with E-state index in [1.165, 1.54) is 0 Å². The van der Waals surface area contributed by atoms with Crippen LogP contribution in [0.25, 0.3) is 11.0 Å². The number of hydrogen-bond acceptors (Lipinski definition) is 4. The number of rotatable bonds is 3. The standard InChI is InChI=1S/C21H24ClN5O/c1-13-4-6-15(7-5-13)24-21(28)17-12-23-20-18(19(17)22)14(2)25-27(20)16-8-10-26(3)11-9-16/h4-7,12,16H,8-11H2,1-3H3,(H,24,28). The Morgan fingerprint density at radius 3 is 2.54 bits per heavy atom.